The van der Waals surface area contributed by atoms with Gasteiger partial charge in [-0.1, -0.05) is 176 Å². The number of aromatic nitrogens is 3. The topological polar surface area (TPSA) is 38.7 Å². The molecule has 9 aromatic carbocycles. The smallest absolute Gasteiger partial charge is 0.164 e. The molecular weight excluding hydrogens is 655 g/mol. The SMILES string of the molecule is c1ccc(-c2cccc(-c3nc(-c4ccccc4)nc(-c4cccc(-c5cccc(-c6ccc7c8ccccc8c8ccccc8c7c6)c5)c4)n3)c2)cc1. The van der Waals surface area contributed by atoms with Gasteiger partial charge in [0.1, 0.15) is 0 Å². The molecule has 0 saturated carbocycles. The van der Waals surface area contributed by atoms with E-state index in [1.807, 2.05) is 36.4 Å². The molecule has 54 heavy (non-hydrogen) atoms. The van der Waals surface area contributed by atoms with Crippen molar-refractivity contribution in [1.29, 1.82) is 0 Å². The first-order valence-electron chi connectivity index (χ1n) is 18.3. The summed E-state index contributed by atoms with van der Waals surface area (Å²) >= 11 is 0. The van der Waals surface area contributed by atoms with E-state index in [4.69, 9.17) is 15.0 Å². The van der Waals surface area contributed by atoms with Crippen LogP contribution < -0.4 is 0 Å². The lowest BCUT2D eigenvalue weighted by molar-refractivity contribution is 1.07. The second-order valence-electron chi connectivity index (χ2n) is 13.6. The van der Waals surface area contributed by atoms with Crippen LogP contribution in [0.25, 0.3) is 99.9 Å². The van der Waals surface area contributed by atoms with Gasteiger partial charge in [-0.2, -0.15) is 0 Å². The van der Waals surface area contributed by atoms with Crippen molar-refractivity contribution in [2.75, 3.05) is 0 Å². The summed E-state index contributed by atoms with van der Waals surface area (Å²) in [7, 11) is 0. The predicted molar refractivity (Wildman–Crippen MR) is 225 cm³/mol. The minimum absolute atomic E-state index is 0.635. The van der Waals surface area contributed by atoms with E-state index < -0.39 is 0 Å². The average molecular weight is 688 g/mol. The molecule has 10 rings (SSSR count). The van der Waals surface area contributed by atoms with Crippen LogP contribution in [0.1, 0.15) is 0 Å². The monoisotopic (exact) mass is 687 g/mol. The summed E-state index contributed by atoms with van der Waals surface area (Å²) in [6, 6.07) is 70.6. The number of benzene rings is 9. The zero-order chi connectivity index (χ0) is 35.8. The lowest BCUT2D eigenvalue weighted by Crippen LogP contribution is -2.00. The van der Waals surface area contributed by atoms with Crippen molar-refractivity contribution in [1.82, 2.24) is 15.0 Å². The summed E-state index contributed by atoms with van der Waals surface area (Å²) in [6.07, 6.45) is 0. The van der Waals surface area contributed by atoms with Gasteiger partial charge < -0.3 is 0 Å². The van der Waals surface area contributed by atoms with Crippen molar-refractivity contribution in [3.05, 3.63) is 200 Å². The third-order valence-electron chi connectivity index (χ3n) is 10.3. The van der Waals surface area contributed by atoms with E-state index in [2.05, 4.69) is 164 Å². The zero-order valence-electron chi connectivity index (χ0n) is 29.4. The van der Waals surface area contributed by atoms with E-state index in [0.717, 1.165) is 38.9 Å². The summed E-state index contributed by atoms with van der Waals surface area (Å²) in [5, 5.41) is 7.67. The Morgan fingerprint density at radius 2 is 0.500 bits per heavy atom. The Morgan fingerprint density at radius 3 is 1.00 bits per heavy atom. The summed E-state index contributed by atoms with van der Waals surface area (Å²) in [4.78, 5) is 15.1. The molecule has 0 fully saturated rings. The summed E-state index contributed by atoms with van der Waals surface area (Å²) < 4.78 is 0. The van der Waals surface area contributed by atoms with Crippen molar-refractivity contribution >= 4 is 32.3 Å². The van der Waals surface area contributed by atoms with Gasteiger partial charge in [-0.05, 0) is 90.0 Å². The van der Waals surface area contributed by atoms with Crippen LogP contribution in [0.5, 0.6) is 0 Å². The summed E-state index contributed by atoms with van der Waals surface area (Å²) in [6.45, 7) is 0. The highest BCUT2D eigenvalue weighted by molar-refractivity contribution is 6.25. The molecule has 0 aliphatic carbocycles. The van der Waals surface area contributed by atoms with Crippen LogP contribution in [0.3, 0.4) is 0 Å². The average Bonchev–Trinajstić information content (AvgIpc) is 3.27. The van der Waals surface area contributed by atoms with Gasteiger partial charge in [0, 0.05) is 16.7 Å². The molecule has 0 unspecified atom stereocenters. The second-order valence-corrected chi connectivity index (χ2v) is 13.6. The molecule has 0 N–H and O–H groups in total. The fourth-order valence-electron chi connectivity index (χ4n) is 7.62. The Labute approximate surface area is 313 Å². The highest BCUT2D eigenvalue weighted by Gasteiger charge is 2.15. The van der Waals surface area contributed by atoms with Crippen molar-refractivity contribution in [3.63, 3.8) is 0 Å². The van der Waals surface area contributed by atoms with Crippen LogP contribution in [0.2, 0.25) is 0 Å². The maximum Gasteiger partial charge on any atom is 0.164 e. The molecule has 0 saturated heterocycles. The third-order valence-corrected chi connectivity index (χ3v) is 10.3. The molecule has 10 aromatic rings. The molecule has 0 atom stereocenters. The first kappa shape index (κ1) is 31.5. The molecule has 1 aromatic heterocycles. The van der Waals surface area contributed by atoms with Gasteiger partial charge in [0.15, 0.2) is 17.5 Å². The maximum atomic E-state index is 5.09. The van der Waals surface area contributed by atoms with Crippen molar-refractivity contribution in [3.8, 4) is 67.5 Å². The van der Waals surface area contributed by atoms with Crippen LogP contribution in [0, 0.1) is 0 Å². The molecule has 0 amide bonds. The number of nitrogens with zero attached hydrogens (tertiary/aromatic N) is 3. The summed E-state index contributed by atoms with van der Waals surface area (Å²) in [5.41, 5.74) is 9.67. The summed E-state index contributed by atoms with van der Waals surface area (Å²) in [5.74, 6) is 1.92. The van der Waals surface area contributed by atoms with E-state index in [0.29, 0.717) is 17.5 Å². The van der Waals surface area contributed by atoms with E-state index in [1.54, 1.807) is 0 Å². The Balaban J connectivity index is 1.06. The fraction of sp³-hybridized carbons (Fsp3) is 0. The van der Waals surface area contributed by atoms with E-state index >= 15 is 0 Å². The molecule has 3 nitrogen and oxygen atoms in total. The quantitative estimate of drug-likeness (QED) is 0.163. The van der Waals surface area contributed by atoms with Gasteiger partial charge in [0.2, 0.25) is 0 Å². The number of fused-ring (bicyclic) bond motifs is 6. The Hall–Kier alpha value is -7.23. The minimum Gasteiger partial charge on any atom is -0.208 e. The number of hydrogen-bond acceptors (Lipinski definition) is 3. The van der Waals surface area contributed by atoms with Crippen LogP contribution in [-0.4, -0.2) is 15.0 Å². The van der Waals surface area contributed by atoms with Crippen LogP contribution in [0.15, 0.2) is 200 Å². The van der Waals surface area contributed by atoms with Gasteiger partial charge in [0.05, 0.1) is 0 Å². The molecule has 0 spiro atoms. The lowest BCUT2D eigenvalue weighted by atomic mass is 9.91. The molecular formula is C51H33N3. The third kappa shape index (κ3) is 5.78. The highest BCUT2D eigenvalue weighted by atomic mass is 15.0. The van der Waals surface area contributed by atoms with Gasteiger partial charge in [0.25, 0.3) is 0 Å². The Bertz CT molecular complexity index is 2950. The largest absolute Gasteiger partial charge is 0.208 e. The first-order valence-corrected chi connectivity index (χ1v) is 18.3. The molecule has 0 radical (unpaired) electrons. The fourth-order valence-corrected chi connectivity index (χ4v) is 7.62. The maximum absolute atomic E-state index is 5.09. The lowest BCUT2D eigenvalue weighted by Gasteiger charge is -2.13. The normalized spacial score (nSPS) is 11.3. The van der Waals surface area contributed by atoms with Crippen molar-refractivity contribution in [2.24, 2.45) is 0 Å². The molecule has 0 aliphatic heterocycles. The Morgan fingerprint density at radius 1 is 0.185 bits per heavy atom. The van der Waals surface area contributed by atoms with Crippen LogP contribution in [-0.2, 0) is 0 Å². The number of rotatable bonds is 6. The second kappa shape index (κ2) is 13.4. The molecule has 3 heteroatoms. The van der Waals surface area contributed by atoms with E-state index in [1.165, 1.54) is 43.4 Å². The van der Waals surface area contributed by atoms with Crippen LogP contribution in [0.4, 0.5) is 0 Å². The van der Waals surface area contributed by atoms with Gasteiger partial charge in [-0.3, -0.25) is 0 Å². The predicted octanol–water partition coefficient (Wildman–Crippen LogP) is 13.3. The van der Waals surface area contributed by atoms with Gasteiger partial charge >= 0.3 is 0 Å². The molecule has 1 heterocycles. The standard InChI is InChI=1S/C51H33N3/c1-3-14-34(15-4-1)36-18-12-22-41(31-36)50-52-49(35-16-5-2-6-17-35)53-51(54-50)42-23-13-21-39(32-42)37-19-11-20-38(30-37)40-28-29-47-45-26-8-7-24-43(45)44-25-9-10-27-46(44)48(47)33-40/h1-33H. The van der Waals surface area contributed by atoms with E-state index in [9.17, 15) is 0 Å². The molecule has 0 bridgehead atoms. The van der Waals surface area contributed by atoms with Gasteiger partial charge in [-0.15, -0.1) is 0 Å². The minimum atomic E-state index is 0.635. The highest BCUT2D eigenvalue weighted by Crippen LogP contribution is 2.38. The number of hydrogen-bond donors (Lipinski definition) is 0. The van der Waals surface area contributed by atoms with Gasteiger partial charge in [-0.25, -0.2) is 15.0 Å². The first-order chi connectivity index (χ1) is 26.7. The molecule has 252 valence electrons. The Kier molecular flexibility index (Phi) is 7.81. The molecule has 0 aliphatic rings. The van der Waals surface area contributed by atoms with Crippen molar-refractivity contribution < 1.29 is 0 Å². The van der Waals surface area contributed by atoms with Crippen LogP contribution >= 0.6 is 0 Å². The zero-order valence-corrected chi connectivity index (χ0v) is 29.4. The van der Waals surface area contributed by atoms with E-state index in [-0.39, 0.29) is 0 Å². The van der Waals surface area contributed by atoms with Crippen molar-refractivity contribution in [2.45, 2.75) is 0 Å².